The van der Waals surface area contributed by atoms with Crippen LogP contribution in [0.1, 0.15) is 22.8 Å². The number of nitrogens with zero attached hydrogens (tertiary/aromatic N) is 2. The number of carbonyl (C=O) groups is 2. The highest BCUT2D eigenvalue weighted by Gasteiger charge is 2.07. The first-order chi connectivity index (χ1) is 10.7. The van der Waals surface area contributed by atoms with Crippen molar-refractivity contribution in [1.29, 1.82) is 0 Å². The van der Waals surface area contributed by atoms with Crippen molar-refractivity contribution in [2.75, 3.05) is 6.54 Å². The maximum atomic E-state index is 11.8. The van der Waals surface area contributed by atoms with Crippen LogP contribution in [0.25, 0.3) is 0 Å². The second-order valence-corrected chi connectivity index (χ2v) is 4.52. The minimum absolute atomic E-state index is 0.146. The summed E-state index contributed by atoms with van der Waals surface area (Å²) in [6.07, 6.45) is 3.03. The number of amides is 2. The highest BCUT2D eigenvalue weighted by molar-refractivity contribution is 5.99. The van der Waals surface area contributed by atoms with E-state index in [0.717, 1.165) is 5.56 Å². The van der Waals surface area contributed by atoms with Crippen molar-refractivity contribution >= 4 is 17.5 Å². The lowest BCUT2D eigenvalue weighted by atomic mass is 10.1. The summed E-state index contributed by atoms with van der Waals surface area (Å²) >= 11 is 0. The number of nitrogens with one attached hydrogen (secondary N) is 2. The third-order valence-electron chi connectivity index (χ3n) is 2.89. The Morgan fingerprint density at radius 3 is 2.41 bits per heavy atom. The van der Waals surface area contributed by atoms with Crippen LogP contribution in [0.2, 0.25) is 0 Å². The fourth-order valence-corrected chi connectivity index (χ4v) is 1.70. The quantitative estimate of drug-likeness (QED) is 0.645. The molecule has 0 aliphatic carbocycles. The molecule has 0 spiro atoms. The smallest absolute Gasteiger partial charge is 0.259 e. The van der Waals surface area contributed by atoms with Crippen LogP contribution < -0.4 is 10.7 Å². The van der Waals surface area contributed by atoms with Gasteiger partial charge in [-0.25, -0.2) is 5.43 Å². The van der Waals surface area contributed by atoms with Crippen molar-refractivity contribution < 1.29 is 9.59 Å². The Kier molecular flexibility index (Phi) is 5.37. The lowest BCUT2D eigenvalue weighted by Crippen LogP contribution is -2.35. The first kappa shape index (κ1) is 15.4. The summed E-state index contributed by atoms with van der Waals surface area (Å²) in [5.74, 6) is -0.723. The average molecular weight is 296 g/mol. The lowest BCUT2D eigenvalue weighted by molar-refractivity contribution is -0.120. The maximum Gasteiger partial charge on any atom is 0.259 e. The van der Waals surface area contributed by atoms with Gasteiger partial charge in [-0.1, -0.05) is 30.3 Å². The molecule has 6 heteroatoms. The van der Waals surface area contributed by atoms with E-state index in [9.17, 15) is 9.59 Å². The topological polar surface area (TPSA) is 83.5 Å². The van der Waals surface area contributed by atoms with E-state index in [1.807, 2.05) is 30.3 Å². The van der Waals surface area contributed by atoms with Gasteiger partial charge in [0.25, 0.3) is 11.8 Å². The second kappa shape index (κ2) is 7.68. The zero-order valence-corrected chi connectivity index (χ0v) is 12.1. The molecule has 2 rings (SSSR count). The minimum atomic E-state index is -0.391. The molecular weight excluding hydrogens is 280 g/mol. The highest BCUT2D eigenvalue weighted by Crippen LogP contribution is 1.99. The fraction of sp³-hybridized carbons (Fsp3) is 0.125. The number of hydrogen-bond donors (Lipinski definition) is 2. The van der Waals surface area contributed by atoms with E-state index in [1.165, 1.54) is 12.4 Å². The van der Waals surface area contributed by atoms with Gasteiger partial charge in [-0.2, -0.15) is 5.10 Å². The molecule has 0 aliphatic heterocycles. The van der Waals surface area contributed by atoms with Crippen LogP contribution in [0.3, 0.4) is 0 Å². The standard InChI is InChI=1S/C16H16N4O2/c1-12(13-5-3-2-4-6-13)19-20-15(21)11-18-16(22)14-7-9-17-10-8-14/h2-10H,11H2,1H3,(H,18,22)(H,20,21)/b19-12-. The lowest BCUT2D eigenvalue weighted by Gasteiger charge is -2.05. The van der Waals surface area contributed by atoms with Gasteiger partial charge < -0.3 is 5.32 Å². The number of hydrazone groups is 1. The third-order valence-corrected chi connectivity index (χ3v) is 2.89. The zero-order valence-electron chi connectivity index (χ0n) is 12.1. The van der Waals surface area contributed by atoms with Crippen molar-refractivity contribution in [3.63, 3.8) is 0 Å². The first-order valence-electron chi connectivity index (χ1n) is 6.73. The zero-order chi connectivity index (χ0) is 15.8. The largest absolute Gasteiger partial charge is 0.343 e. The number of aromatic nitrogens is 1. The summed E-state index contributed by atoms with van der Waals surface area (Å²) in [6, 6.07) is 12.6. The maximum absolute atomic E-state index is 11.8. The van der Waals surface area contributed by atoms with Crippen LogP contribution >= 0.6 is 0 Å². The molecule has 1 heterocycles. The van der Waals surface area contributed by atoms with Crippen LogP contribution in [-0.4, -0.2) is 29.1 Å². The van der Waals surface area contributed by atoms with Gasteiger partial charge in [-0.15, -0.1) is 0 Å². The number of carbonyl (C=O) groups excluding carboxylic acids is 2. The van der Waals surface area contributed by atoms with Gasteiger partial charge in [0.1, 0.15) is 0 Å². The summed E-state index contributed by atoms with van der Waals surface area (Å²) in [5, 5.41) is 6.52. The average Bonchev–Trinajstić information content (AvgIpc) is 2.59. The molecule has 0 aliphatic rings. The van der Waals surface area contributed by atoms with Gasteiger partial charge in [0, 0.05) is 18.0 Å². The molecule has 0 atom stereocenters. The molecular formula is C16H16N4O2. The minimum Gasteiger partial charge on any atom is -0.343 e. The Bertz CT molecular complexity index is 669. The highest BCUT2D eigenvalue weighted by atomic mass is 16.2. The van der Waals surface area contributed by atoms with Gasteiger partial charge in [0.05, 0.1) is 12.3 Å². The predicted octanol–water partition coefficient (Wildman–Crippen LogP) is 1.35. The predicted molar refractivity (Wildman–Crippen MR) is 83.4 cm³/mol. The Hall–Kier alpha value is -3.02. The summed E-state index contributed by atoms with van der Waals surface area (Å²) < 4.78 is 0. The van der Waals surface area contributed by atoms with E-state index >= 15 is 0 Å². The van der Waals surface area contributed by atoms with Crippen LogP contribution in [0.4, 0.5) is 0 Å². The van der Waals surface area contributed by atoms with Crippen LogP contribution in [0.15, 0.2) is 60.0 Å². The molecule has 2 aromatic rings. The molecule has 0 fully saturated rings. The first-order valence-corrected chi connectivity index (χ1v) is 6.73. The van der Waals surface area contributed by atoms with Crippen LogP contribution in [0, 0.1) is 0 Å². The molecule has 112 valence electrons. The van der Waals surface area contributed by atoms with E-state index in [2.05, 4.69) is 20.8 Å². The molecule has 2 amide bonds. The van der Waals surface area contributed by atoms with Crippen molar-refractivity contribution in [3.8, 4) is 0 Å². The van der Waals surface area contributed by atoms with Crippen LogP contribution in [0.5, 0.6) is 0 Å². The van der Waals surface area contributed by atoms with E-state index in [4.69, 9.17) is 0 Å². The molecule has 0 saturated heterocycles. The Labute approximate surface area is 128 Å². The van der Waals surface area contributed by atoms with Crippen molar-refractivity contribution in [2.24, 2.45) is 5.10 Å². The third kappa shape index (κ3) is 4.52. The van der Waals surface area contributed by atoms with Crippen molar-refractivity contribution in [2.45, 2.75) is 6.92 Å². The van der Waals surface area contributed by atoms with Gasteiger partial charge in [0.2, 0.25) is 0 Å². The summed E-state index contributed by atoms with van der Waals surface area (Å²) in [7, 11) is 0. The Morgan fingerprint density at radius 2 is 1.73 bits per heavy atom. The van der Waals surface area contributed by atoms with Gasteiger partial charge >= 0.3 is 0 Å². The summed E-state index contributed by atoms with van der Waals surface area (Å²) in [5.41, 5.74) is 4.47. The normalized spacial score (nSPS) is 10.9. The molecule has 2 N–H and O–H groups in total. The Morgan fingerprint density at radius 1 is 1.05 bits per heavy atom. The summed E-state index contributed by atoms with van der Waals surface area (Å²) in [4.78, 5) is 27.2. The van der Waals surface area contributed by atoms with E-state index in [1.54, 1.807) is 19.1 Å². The fourth-order valence-electron chi connectivity index (χ4n) is 1.70. The molecule has 6 nitrogen and oxygen atoms in total. The molecule has 0 radical (unpaired) electrons. The number of benzene rings is 1. The van der Waals surface area contributed by atoms with Crippen LogP contribution in [-0.2, 0) is 4.79 Å². The van der Waals surface area contributed by atoms with Crippen molar-refractivity contribution in [1.82, 2.24) is 15.7 Å². The van der Waals surface area contributed by atoms with Gasteiger partial charge in [-0.05, 0) is 24.6 Å². The Balaban J connectivity index is 1.82. The molecule has 1 aromatic heterocycles. The van der Waals surface area contributed by atoms with E-state index < -0.39 is 5.91 Å². The van der Waals surface area contributed by atoms with E-state index in [0.29, 0.717) is 11.3 Å². The summed E-state index contributed by atoms with van der Waals surface area (Å²) in [6.45, 7) is 1.65. The molecule has 1 aromatic carbocycles. The SMILES string of the molecule is C/C(=N/NC(=O)CNC(=O)c1ccncc1)c1ccccc1. The molecule has 0 unspecified atom stereocenters. The second-order valence-electron chi connectivity index (χ2n) is 4.52. The molecule has 22 heavy (non-hydrogen) atoms. The molecule has 0 saturated carbocycles. The van der Waals surface area contributed by atoms with E-state index in [-0.39, 0.29) is 12.5 Å². The molecule has 0 bridgehead atoms. The van der Waals surface area contributed by atoms with Gasteiger partial charge in [-0.3, -0.25) is 14.6 Å². The number of hydrogen-bond acceptors (Lipinski definition) is 4. The monoisotopic (exact) mass is 296 g/mol. The van der Waals surface area contributed by atoms with Crippen molar-refractivity contribution in [3.05, 3.63) is 66.0 Å². The van der Waals surface area contributed by atoms with Gasteiger partial charge in [0.15, 0.2) is 0 Å². The number of rotatable bonds is 5. The number of pyridine rings is 1.